The number of amides is 3. The largest absolute Gasteiger partial charge is 0.338 e. The van der Waals surface area contributed by atoms with Gasteiger partial charge in [0.05, 0.1) is 0 Å². The van der Waals surface area contributed by atoms with Gasteiger partial charge in [-0.3, -0.25) is 4.79 Å². The number of hydrogen-bond donors (Lipinski definition) is 2. The van der Waals surface area contributed by atoms with Crippen molar-refractivity contribution in [3.8, 4) is 0 Å². The summed E-state index contributed by atoms with van der Waals surface area (Å²) in [6, 6.07) is 11.7. The molecule has 0 unspecified atom stereocenters. The van der Waals surface area contributed by atoms with E-state index in [9.17, 15) is 9.59 Å². The van der Waals surface area contributed by atoms with E-state index in [-0.39, 0.29) is 11.9 Å². The Bertz CT molecular complexity index is 700. The lowest BCUT2D eigenvalue weighted by atomic mass is 10.2. The van der Waals surface area contributed by atoms with Crippen LogP contribution >= 0.6 is 11.3 Å². The van der Waals surface area contributed by atoms with Crippen molar-refractivity contribution in [1.29, 1.82) is 0 Å². The third kappa shape index (κ3) is 4.35. The summed E-state index contributed by atoms with van der Waals surface area (Å²) in [6.07, 6.45) is 2.38. The SMILES string of the molecule is O=C(NCCc1cccs1)NCc1cccc(N2CCCC2=O)c1. The minimum atomic E-state index is -0.172. The van der Waals surface area contributed by atoms with Crippen LogP contribution in [0.15, 0.2) is 41.8 Å². The molecule has 0 atom stereocenters. The highest BCUT2D eigenvalue weighted by atomic mass is 32.1. The Morgan fingerprint density at radius 3 is 2.88 bits per heavy atom. The predicted molar refractivity (Wildman–Crippen MR) is 96.3 cm³/mol. The van der Waals surface area contributed by atoms with Crippen molar-refractivity contribution in [2.75, 3.05) is 18.0 Å². The summed E-state index contributed by atoms with van der Waals surface area (Å²) in [5, 5.41) is 7.75. The highest BCUT2D eigenvalue weighted by Gasteiger charge is 2.21. The molecular weight excluding hydrogens is 322 g/mol. The number of carbonyl (C=O) groups is 2. The van der Waals surface area contributed by atoms with Crippen molar-refractivity contribution in [3.63, 3.8) is 0 Å². The number of hydrogen-bond acceptors (Lipinski definition) is 3. The molecule has 1 saturated heterocycles. The molecule has 2 aromatic rings. The second-order valence-corrected chi connectivity index (χ2v) is 6.79. The predicted octanol–water partition coefficient (Wildman–Crippen LogP) is 2.92. The van der Waals surface area contributed by atoms with Crippen molar-refractivity contribution < 1.29 is 9.59 Å². The van der Waals surface area contributed by atoms with E-state index in [0.717, 1.165) is 30.6 Å². The summed E-state index contributed by atoms with van der Waals surface area (Å²) in [6.45, 7) is 1.84. The smallest absolute Gasteiger partial charge is 0.315 e. The number of anilines is 1. The number of nitrogens with zero attached hydrogens (tertiary/aromatic N) is 1. The van der Waals surface area contributed by atoms with Crippen LogP contribution in [0.3, 0.4) is 0 Å². The van der Waals surface area contributed by atoms with E-state index >= 15 is 0 Å². The summed E-state index contributed by atoms with van der Waals surface area (Å²) in [5.74, 6) is 0.173. The van der Waals surface area contributed by atoms with Crippen LogP contribution in [-0.4, -0.2) is 25.0 Å². The third-order valence-electron chi connectivity index (χ3n) is 3.99. The van der Waals surface area contributed by atoms with Crippen molar-refractivity contribution in [2.24, 2.45) is 0 Å². The number of benzene rings is 1. The van der Waals surface area contributed by atoms with Crippen molar-refractivity contribution in [2.45, 2.75) is 25.8 Å². The minimum Gasteiger partial charge on any atom is -0.338 e. The molecule has 1 aliphatic heterocycles. The van der Waals surface area contributed by atoms with Gasteiger partial charge in [0.2, 0.25) is 5.91 Å². The minimum absolute atomic E-state index is 0.172. The van der Waals surface area contributed by atoms with Gasteiger partial charge in [0.1, 0.15) is 0 Å². The Morgan fingerprint density at radius 2 is 2.12 bits per heavy atom. The normalized spacial score (nSPS) is 14.0. The van der Waals surface area contributed by atoms with Gasteiger partial charge >= 0.3 is 6.03 Å². The topological polar surface area (TPSA) is 61.4 Å². The Labute approximate surface area is 145 Å². The van der Waals surface area contributed by atoms with Crippen molar-refractivity contribution in [1.82, 2.24) is 10.6 Å². The summed E-state index contributed by atoms with van der Waals surface area (Å²) >= 11 is 1.69. The van der Waals surface area contributed by atoms with Crippen LogP contribution in [-0.2, 0) is 17.8 Å². The fourth-order valence-corrected chi connectivity index (χ4v) is 3.46. The molecule has 0 saturated carbocycles. The Hall–Kier alpha value is -2.34. The van der Waals surface area contributed by atoms with Gasteiger partial charge < -0.3 is 15.5 Å². The average molecular weight is 343 g/mol. The molecule has 126 valence electrons. The molecular formula is C18H21N3O2S. The molecule has 0 bridgehead atoms. The molecule has 1 aromatic heterocycles. The molecule has 0 radical (unpaired) electrons. The van der Waals surface area contributed by atoms with Gasteiger partial charge in [-0.1, -0.05) is 18.2 Å². The third-order valence-corrected chi connectivity index (χ3v) is 4.92. The van der Waals surface area contributed by atoms with Crippen LogP contribution in [0.2, 0.25) is 0 Å². The van der Waals surface area contributed by atoms with Crippen LogP contribution in [0.1, 0.15) is 23.3 Å². The quantitative estimate of drug-likeness (QED) is 0.847. The van der Waals surface area contributed by atoms with Crippen LogP contribution in [0.4, 0.5) is 10.5 Å². The maximum Gasteiger partial charge on any atom is 0.315 e. The van der Waals surface area contributed by atoms with Gasteiger partial charge in [-0.05, 0) is 42.0 Å². The van der Waals surface area contributed by atoms with Crippen molar-refractivity contribution in [3.05, 3.63) is 52.2 Å². The molecule has 6 heteroatoms. The molecule has 0 aliphatic carbocycles. The van der Waals surface area contributed by atoms with Crippen LogP contribution < -0.4 is 15.5 Å². The summed E-state index contributed by atoms with van der Waals surface area (Å²) < 4.78 is 0. The molecule has 2 heterocycles. The lowest BCUT2D eigenvalue weighted by molar-refractivity contribution is -0.117. The van der Waals surface area contributed by atoms with Gasteiger partial charge in [-0.25, -0.2) is 4.79 Å². The van der Waals surface area contributed by atoms with E-state index < -0.39 is 0 Å². The maximum atomic E-state index is 11.9. The van der Waals surface area contributed by atoms with Gasteiger partial charge in [0.15, 0.2) is 0 Å². The fourth-order valence-electron chi connectivity index (χ4n) is 2.75. The fraction of sp³-hybridized carbons (Fsp3) is 0.333. The zero-order valence-electron chi connectivity index (χ0n) is 13.5. The molecule has 24 heavy (non-hydrogen) atoms. The van der Waals surface area contributed by atoms with E-state index in [0.29, 0.717) is 19.5 Å². The molecule has 1 fully saturated rings. The standard InChI is InChI=1S/C18H21N3O2S/c22-17-7-2-10-21(17)15-5-1-4-14(12-15)13-20-18(23)19-9-8-16-6-3-11-24-16/h1,3-6,11-12H,2,7-10,13H2,(H2,19,20,23). The van der Waals surface area contributed by atoms with Gasteiger partial charge in [-0.2, -0.15) is 0 Å². The zero-order chi connectivity index (χ0) is 16.8. The highest BCUT2D eigenvalue weighted by molar-refractivity contribution is 7.09. The van der Waals surface area contributed by atoms with E-state index in [4.69, 9.17) is 0 Å². The number of thiophene rings is 1. The maximum absolute atomic E-state index is 11.9. The lowest BCUT2D eigenvalue weighted by Crippen LogP contribution is -2.36. The van der Waals surface area contributed by atoms with Gasteiger partial charge in [-0.15, -0.1) is 11.3 Å². The number of nitrogens with one attached hydrogen (secondary N) is 2. The number of urea groups is 1. The van der Waals surface area contributed by atoms with Crippen LogP contribution in [0, 0.1) is 0 Å². The van der Waals surface area contributed by atoms with E-state index in [1.165, 1.54) is 4.88 Å². The highest BCUT2D eigenvalue weighted by Crippen LogP contribution is 2.22. The first-order valence-electron chi connectivity index (χ1n) is 8.16. The van der Waals surface area contributed by atoms with E-state index in [1.54, 1.807) is 11.3 Å². The van der Waals surface area contributed by atoms with Gasteiger partial charge in [0, 0.05) is 36.6 Å². The summed E-state index contributed by atoms with van der Waals surface area (Å²) in [7, 11) is 0. The summed E-state index contributed by atoms with van der Waals surface area (Å²) in [4.78, 5) is 26.7. The van der Waals surface area contributed by atoms with E-state index in [1.807, 2.05) is 40.6 Å². The molecule has 0 spiro atoms. The zero-order valence-corrected chi connectivity index (χ0v) is 14.3. The number of rotatable bonds is 6. The van der Waals surface area contributed by atoms with Crippen LogP contribution in [0.5, 0.6) is 0 Å². The summed E-state index contributed by atoms with van der Waals surface area (Å²) in [5.41, 5.74) is 1.90. The Balaban J connectivity index is 1.45. The molecule has 2 N–H and O–H groups in total. The molecule has 3 rings (SSSR count). The number of carbonyl (C=O) groups excluding carboxylic acids is 2. The van der Waals surface area contributed by atoms with E-state index in [2.05, 4.69) is 16.7 Å². The first-order valence-corrected chi connectivity index (χ1v) is 9.04. The lowest BCUT2D eigenvalue weighted by Gasteiger charge is -2.16. The second kappa shape index (κ2) is 7.97. The monoisotopic (exact) mass is 343 g/mol. The molecule has 1 aromatic carbocycles. The average Bonchev–Trinajstić information content (AvgIpc) is 3.25. The molecule has 3 amide bonds. The van der Waals surface area contributed by atoms with Crippen molar-refractivity contribution >= 4 is 29.0 Å². The van der Waals surface area contributed by atoms with Crippen LogP contribution in [0.25, 0.3) is 0 Å². The molecule has 5 nitrogen and oxygen atoms in total. The van der Waals surface area contributed by atoms with Gasteiger partial charge in [0.25, 0.3) is 0 Å². The first-order chi connectivity index (χ1) is 11.7. The second-order valence-electron chi connectivity index (χ2n) is 5.76. The molecule has 1 aliphatic rings. The Kier molecular flexibility index (Phi) is 5.48. The Morgan fingerprint density at radius 1 is 1.21 bits per heavy atom. The first kappa shape index (κ1) is 16.5.